The van der Waals surface area contributed by atoms with Crippen LogP contribution in [-0.2, 0) is 13.0 Å². The third kappa shape index (κ3) is 3.59. The normalized spacial score (nSPS) is 15.7. The van der Waals surface area contributed by atoms with Crippen LogP contribution in [0.25, 0.3) is 10.9 Å². The molecule has 0 spiro atoms. The standard InChI is InChI=1S/C25H23BrN2O2/c1-29-23-10-7-17(26)13-21(23)24-25-19(11-12-27-24)20-14-18(8-9-22(20)28-25)30-15-16-5-3-2-4-6-16/h2-10,13-14,24,27-28H,11-12,15H2,1H3. The lowest BCUT2D eigenvalue weighted by molar-refractivity contribution is 0.306. The number of fused-ring (bicyclic) bond motifs is 3. The van der Waals surface area contributed by atoms with Gasteiger partial charge in [-0.2, -0.15) is 0 Å². The Kier molecular flexibility index (Phi) is 5.23. The van der Waals surface area contributed by atoms with Crippen molar-refractivity contribution in [1.82, 2.24) is 10.3 Å². The summed E-state index contributed by atoms with van der Waals surface area (Å²) in [6.45, 7) is 1.48. The highest BCUT2D eigenvalue weighted by Gasteiger charge is 2.27. The quantitative estimate of drug-likeness (QED) is 0.396. The van der Waals surface area contributed by atoms with Crippen molar-refractivity contribution in [1.29, 1.82) is 0 Å². The minimum absolute atomic E-state index is 0.0577. The first-order valence-corrected chi connectivity index (χ1v) is 10.9. The molecule has 1 aliphatic rings. The van der Waals surface area contributed by atoms with Crippen molar-refractivity contribution in [3.05, 3.63) is 93.6 Å². The predicted octanol–water partition coefficient (Wildman–Crippen LogP) is 5.75. The Morgan fingerprint density at radius 1 is 1.03 bits per heavy atom. The summed E-state index contributed by atoms with van der Waals surface area (Å²) in [5.41, 5.74) is 5.98. The molecule has 1 aromatic heterocycles. The van der Waals surface area contributed by atoms with Crippen LogP contribution in [0.1, 0.15) is 28.4 Å². The molecule has 3 aromatic carbocycles. The Labute approximate surface area is 184 Å². The average molecular weight is 463 g/mol. The van der Waals surface area contributed by atoms with Crippen molar-refractivity contribution in [3.63, 3.8) is 0 Å². The zero-order valence-corrected chi connectivity index (χ0v) is 18.3. The monoisotopic (exact) mass is 462 g/mol. The van der Waals surface area contributed by atoms with Crippen LogP contribution in [0.5, 0.6) is 11.5 Å². The van der Waals surface area contributed by atoms with E-state index in [1.54, 1.807) is 7.11 Å². The van der Waals surface area contributed by atoms with Crippen LogP contribution < -0.4 is 14.8 Å². The van der Waals surface area contributed by atoms with E-state index in [0.717, 1.165) is 40.0 Å². The van der Waals surface area contributed by atoms with Gasteiger partial charge in [0.1, 0.15) is 18.1 Å². The lowest BCUT2D eigenvalue weighted by Gasteiger charge is -2.26. The summed E-state index contributed by atoms with van der Waals surface area (Å²) in [7, 11) is 1.72. The number of hydrogen-bond acceptors (Lipinski definition) is 3. The molecule has 0 radical (unpaired) electrons. The molecule has 4 aromatic rings. The number of ether oxygens (including phenoxy) is 2. The van der Waals surface area contributed by atoms with Crippen molar-refractivity contribution >= 4 is 26.8 Å². The SMILES string of the molecule is COc1ccc(Br)cc1C1NCCc2c1[nH]c1ccc(OCc3ccccc3)cc21. The van der Waals surface area contributed by atoms with Crippen LogP contribution in [0.15, 0.2) is 71.2 Å². The molecule has 0 saturated heterocycles. The summed E-state index contributed by atoms with van der Waals surface area (Å²) < 4.78 is 12.8. The fourth-order valence-electron chi connectivity index (χ4n) is 4.23. The Balaban J connectivity index is 1.50. The molecular weight excluding hydrogens is 440 g/mol. The van der Waals surface area contributed by atoms with Crippen LogP contribution in [0.2, 0.25) is 0 Å². The summed E-state index contributed by atoms with van der Waals surface area (Å²) in [6, 6.07) is 22.8. The third-order valence-corrected chi connectivity index (χ3v) is 6.17. The second-order valence-electron chi connectivity index (χ2n) is 7.52. The molecule has 152 valence electrons. The molecule has 0 bridgehead atoms. The first kappa shape index (κ1) is 19.2. The molecule has 0 amide bonds. The molecule has 1 atom stereocenters. The molecule has 0 saturated carbocycles. The second kappa shape index (κ2) is 8.17. The van der Waals surface area contributed by atoms with Crippen molar-refractivity contribution < 1.29 is 9.47 Å². The van der Waals surface area contributed by atoms with E-state index in [4.69, 9.17) is 9.47 Å². The fourth-order valence-corrected chi connectivity index (χ4v) is 4.61. The molecule has 5 heteroatoms. The van der Waals surface area contributed by atoms with Crippen LogP contribution in [-0.4, -0.2) is 18.6 Å². The number of nitrogens with one attached hydrogen (secondary N) is 2. The zero-order chi connectivity index (χ0) is 20.5. The zero-order valence-electron chi connectivity index (χ0n) is 16.7. The molecule has 30 heavy (non-hydrogen) atoms. The van der Waals surface area contributed by atoms with Gasteiger partial charge >= 0.3 is 0 Å². The van der Waals surface area contributed by atoms with E-state index < -0.39 is 0 Å². The number of methoxy groups -OCH3 is 1. The lowest BCUT2D eigenvalue weighted by atomic mass is 9.94. The maximum Gasteiger partial charge on any atom is 0.124 e. The highest BCUT2D eigenvalue weighted by Crippen LogP contribution is 2.38. The van der Waals surface area contributed by atoms with Gasteiger partial charge in [-0.1, -0.05) is 46.3 Å². The lowest BCUT2D eigenvalue weighted by Crippen LogP contribution is -2.30. The molecular formula is C25H23BrN2O2. The molecule has 4 nitrogen and oxygen atoms in total. The summed E-state index contributed by atoms with van der Waals surface area (Å²) in [4.78, 5) is 3.65. The van der Waals surface area contributed by atoms with Crippen LogP contribution in [0.4, 0.5) is 0 Å². The Morgan fingerprint density at radius 2 is 1.90 bits per heavy atom. The number of halogens is 1. The van der Waals surface area contributed by atoms with E-state index in [0.29, 0.717) is 6.61 Å². The van der Waals surface area contributed by atoms with Gasteiger partial charge in [-0.05, 0) is 53.9 Å². The van der Waals surface area contributed by atoms with Crippen molar-refractivity contribution in [2.45, 2.75) is 19.1 Å². The number of aromatic amines is 1. The maximum absolute atomic E-state index is 6.07. The number of benzene rings is 3. The summed E-state index contributed by atoms with van der Waals surface area (Å²) in [5, 5.41) is 4.88. The summed E-state index contributed by atoms with van der Waals surface area (Å²) in [5.74, 6) is 1.78. The number of aromatic nitrogens is 1. The first-order valence-electron chi connectivity index (χ1n) is 10.1. The Bertz CT molecular complexity index is 1190. The third-order valence-electron chi connectivity index (χ3n) is 5.67. The van der Waals surface area contributed by atoms with Gasteiger partial charge in [0, 0.05) is 33.2 Å². The number of rotatable bonds is 5. The minimum atomic E-state index is 0.0577. The van der Waals surface area contributed by atoms with Gasteiger partial charge in [0.25, 0.3) is 0 Å². The predicted molar refractivity (Wildman–Crippen MR) is 123 cm³/mol. The van der Waals surface area contributed by atoms with E-state index in [9.17, 15) is 0 Å². The number of hydrogen-bond donors (Lipinski definition) is 2. The van der Waals surface area contributed by atoms with Crippen molar-refractivity contribution in [2.75, 3.05) is 13.7 Å². The second-order valence-corrected chi connectivity index (χ2v) is 8.44. The van der Waals surface area contributed by atoms with Crippen molar-refractivity contribution in [2.24, 2.45) is 0 Å². The first-order chi connectivity index (χ1) is 14.7. The molecule has 5 rings (SSSR count). The molecule has 0 aliphatic carbocycles. The van der Waals surface area contributed by atoms with Crippen LogP contribution in [0.3, 0.4) is 0 Å². The topological polar surface area (TPSA) is 46.3 Å². The van der Waals surface area contributed by atoms with Crippen LogP contribution in [0, 0.1) is 0 Å². The highest BCUT2D eigenvalue weighted by molar-refractivity contribution is 9.10. The molecule has 1 aliphatic heterocycles. The van der Waals surface area contributed by atoms with E-state index in [-0.39, 0.29) is 6.04 Å². The minimum Gasteiger partial charge on any atom is -0.496 e. The summed E-state index contributed by atoms with van der Waals surface area (Å²) in [6.07, 6.45) is 0.976. The van der Waals surface area contributed by atoms with Gasteiger partial charge in [-0.15, -0.1) is 0 Å². The van der Waals surface area contributed by atoms with Gasteiger partial charge in [-0.3, -0.25) is 0 Å². The molecule has 0 fully saturated rings. The fraction of sp³-hybridized carbons (Fsp3) is 0.200. The van der Waals surface area contributed by atoms with Crippen LogP contribution >= 0.6 is 15.9 Å². The molecule has 1 unspecified atom stereocenters. The van der Waals surface area contributed by atoms with Gasteiger partial charge in [0.2, 0.25) is 0 Å². The van der Waals surface area contributed by atoms with Crippen molar-refractivity contribution in [3.8, 4) is 11.5 Å². The number of H-pyrrole nitrogens is 1. The smallest absolute Gasteiger partial charge is 0.124 e. The highest BCUT2D eigenvalue weighted by atomic mass is 79.9. The van der Waals surface area contributed by atoms with E-state index in [1.807, 2.05) is 36.4 Å². The van der Waals surface area contributed by atoms with E-state index >= 15 is 0 Å². The van der Waals surface area contributed by atoms with Gasteiger partial charge < -0.3 is 19.8 Å². The van der Waals surface area contributed by atoms with Gasteiger partial charge in [0.05, 0.1) is 13.2 Å². The average Bonchev–Trinajstić information content (AvgIpc) is 3.16. The summed E-state index contributed by atoms with van der Waals surface area (Å²) >= 11 is 3.60. The van der Waals surface area contributed by atoms with E-state index in [2.05, 4.69) is 56.6 Å². The maximum atomic E-state index is 6.07. The molecule has 2 heterocycles. The largest absolute Gasteiger partial charge is 0.496 e. The van der Waals surface area contributed by atoms with Gasteiger partial charge in [-0.25, -0.2) is 0 Å². The Hall–Kier alpha value is -2.76. The molecule has 2 N–H and O–H groups in total. The van der Waals surface area contributed by atoms with E-state index in [1.165, 1.54) is 22.2 Å². The van der Waals surface area contributed by atoms with Gasteiger partial charge in [0.15, 0.2) is 0 Å². The Morgan fingerprint density at radius 3 is 2.73 bits per heavy atom.